The first kappa shape index (κ1) is 9.33. The number of aryl methyl sites for hydroxylation is 1. The summed E-state index contributed by atoms with van der Waals surface area (Å²) in [5.74, 6) is 4.11. The van der Waals surface area contributed by atoms with Crippen LogP contribution in [0.4, 0.5) is 0 Å². The molecule has 2 fully saturated rings. The van der Waals surface area contributed by atoms with Gasteiger partial charge in [0.1, 0.15) is 0 Å². The van der Waals surface area contributed by atoms with Crippen LogP contribution in [0.25, 0.3) is 0 Å². The summed E-state index contributed by atoms with van der Waals surface area (Å²) in [5, 5.41) is 8.21. The van der Waals surface area contributed by atoms with E-state index in [-0.39, 0.29) is 0 Å². The van der Waals surface area contributed by atoms with Gasteiger partial charge in [0.25, 0.3) is 0 Å². The van der Waals surface area contributed by atoms with Crippen molar-refractivity contribution in [1.82, 2.24) is 10.2 Å². The molecule has 82 valence electrons. The van der Waals surface area contributed by atoms with E-state index in [9.17, 15) is 0 Å². The topological polar surface area (TPSA) is 64.9 Å². The van der Waals surface area contributed by atoms with Gasteiger partial charge in [-0.05, 0) is 44.1 Å². The lowest BCUT2D eigenvalue weighted by molar-refractivity contribution is 0.401. The van der Waals surface area contributed by atoms with Gasteiger partial charge in [0.05, 0.1) is 0 Å². The smallest absolute Gasteiger partial charge is 0.219 e. The lowest BCUT2D eigenvalue weighted by atomic mass is 10.0. The maximum atomic E-state index is 5.66. The third kappa shape index (κ3) is 1.78. The van der Waals surface area contributed by atoms with Gasteiger partial charge in [0, 0.05) is 12.3 Å². The van der Waals surface area contributed by atoms with E-state index in [1.165, 1.54) is 19.3 Å². The second-order valence-corrected chi connectivity index (χ2v) is 4.85. The van der Waals surface area contributed by atoms with E-state index in [0.717, 1.165) is 36.5 Å². The first-order valence-corrected chi connectivity index (χ1v) is 5.89. The lowest BCUT2D eigenvalue weighted by Crippen LogP contribution is -2.00. The van der Waals surface area contributed by atoms with E-state index in [0.29, 0.717) is 12.5 Å². The van der Waals surface area contributed by atoms with E-state index < -0.39 is 0 Å². The molecule has 2 aliphatic rings. The Morgan fingerprint density at radius 3 is 2.73 bits per heavy atom. The van der Waals surface area contributed by atoms with Crippen molar-refractivity contribution >= 4 is 0 Å². The molecule has 1 aromatic heterocycles. The van der Waals surface area contributed by atoms with Gasteiger partial charge in [-0.3, -0.25) is 0 Å². The molecule has 4 heteroatoms. The van der Waals surface area contributed by atoms with E-state index in [4.69, 9.17) is 10.2 Å². The monoisotopic (exact) mass is 207 g/mol. The first-order valence-electron chi connectivity index (χ1n) is 5.89. The average molecular weight is 207 g/mol. The summed E-state index contributed by atoms with van der Waals surface area (Å²) in [6.45, 7) is 0.686. The summed E-state index contributed by atoms with van der Waals surface area (Å²) in [4.78, 5) is 0. The highest BCUT2D eigenvalue weighted by Crippen LogP contribution is 2.57. The molecular weight excluding hydrogens is 190 g/mol. The predicted molar refractivity (Wildman–Crippen MR) is 55.2 cm³/mol. The molecule has 0 aliphatic heterocycles. The zero-order valence-electron chi connectivity index (χ0n) is 8.85. The highest BCUT2D eigenvalue weighted by Gasteiger charge is 2.47. The van der Waals surface area contributed by atoms with Gasteiger partial charge in [0.2, 0.25) is 11.8 Å². The summed E-state index contributed by atoms with van der Waals surface area (Å²) in [5.41, 5.74) is 5.44. The Labute approximate surface area is 89.2 Å². The number of rotatable bonds is 4. The van der Waals surface area contributed by atoms with Crippen LogP contribution in [0.1, 0.15) is 43.4 Å². The van der Waals surface area contributed by atoms with Crippen molar-refractivity contribution in [3.63, 3.8) is 0 Å². The molecule has 2 unspecified atom stereocenters. The van der Waals surface area contributed by atoms with E-state index in [1.807, 2.05) is 0 Å². The van der Waals surface area contributed by atoms with Crippen molar-refractivity contribution in [1.29, 1.82) is 0 Å². The van der Waals surface area contributed by atoms with Crippen molar-refractivity contribution in [3.8, 4) is 0 Å². The van der Waals surface area contributed by atoms with Gasteiger partial charge >= 0.3 is 0 Å². The first-order chi connectivity index (χ1) is 7.36. The Morgan fingerprint density at radius 2 is 2.00 bits per heavy atom. The van der Waals surface area contributed by atoms with Gasteiger partial charge in [-0.25, -0.2) is 0 Å². The Bertz CT molecular complexity index is 339. The van der Waals surface area contributed by atoms with Crippen LogP contribution in [0.5, 0.6) is 0 Å². The highest BCUT2D eigenvalue weighted by molar-refractivity contribution is 5.06. The number of hydrogen-bond acceptors (Lipinski definition) is 4. The van der Waals surface area contributed by atoms with Crippen molar-refractivity contribution in [3.05, 3.63) is 11.8 Å². The second-order valence-electron chi connectivity index (χ2n) is 4.85. The maximum Gasteiger partial charge on any atom is 0.219 e. The van der Waals surface area contributed by atoms with Crippen LogP contribution < -0.4 is 5.73 Å². The molecule has 0 aromatic carbocycles. The molecule has 3 rings (SSSR count). The van der Waals surface area contributed by atoms with Crippen LogP contribution in [-0.2, 0) is 6.42 Å². The third-order valence-electron chi connectivity index (χ3n) is 3.67. The number of aromatic nitrogens is 2. The molecule has 0 bridgehead atoms. The molecule has 2 aliphatic carbocycles. The van der Waals surface area contributed by atoms with Crippen LogP contribution in [-0.4, -0.2) is 16.7 Å². The van der Waals surface area contributed by atoms with Gasteiger partial charge < -0.3 is 10.2 Å². The van der Waals surface area contributed by atoms with Gasteiger partial charge in [-0.15, -0.1) is 10.2 Å². The Hall–Kier alpha value is -0.900. The molecule has 1 aromatic rings. The standard InChI is InChI=1S/C11H17N3O/c12-3-1-2-10-13-14-11(15-10)9-5-7-4-8(7)6-9/h7-9H,1-6,12H2. The number of nitrogens with two attached hydrogens (primary N) is 1. The summed E-state index contributed by atoms with van der Waals surface area (Å²) in [6.07, 6.45) is 5.72. The minimum absolute atomic E-state index is 0.549. The Morgan fingerprint density at radius 1 is 1.20 bits per heavy atom. The second kappa shape index (κ2) is 3.59. The molecule has 15 heavy (non-hydrogen) atoms. The third-order valence-corrected chi connectivity index (χ3v) is 3.67. The molecule has 0 spiro atoms. The summed E-state index contributed by atoms with van der Waals surface area (Å²) in [7, 11) is 0. The molecule has 4 nitrogen and oxygen atoms in total. The quantitative estimate of drug-likeness (QED) is 0.812. The zero-order chi connectivity index (χ0) is 10.3. The van der Waals surface area contributed by atoms with Crippen LogP contribution >= 0.6 is 0 Å². The molecule has 0 radical (unpaired) electrons. The van der Waals surface area contributed by atoms with Gasteiger partial charge in [-0.1, -0.05) is 0 Å². The maximum absolute atomic E-state index is 5.66. The number of hydrogen-bond donors (Lipinski definition) is 1. The van der Waals surface area contributed by atoms with Crippen LogP contribution in [0, 0.1) is 11.8 Å². The molecule has 2 N–H and O–H groups in total. The predicted octanol–water partition coefficient (Wildman–Crippen LogP) is 1.47. The van der Waals surface area contributed by atoms with E-state index in [1.54, 1.807) is 0 Å². The number of nitrogens with zero attached hydrogens (tertiary/aromatic N) is 2. The highest BCUT2D eigenvalue weighted by atomic mass is 16.4. The fourth-order valence-electron chi connectivity index (χ4n) is 2.70. The average Bonchev–Trinajstić information content (AvgIpc) is 2.71. The van der Waals surface area contributed by atoms with Crippen LogP contribution in [0.15, 0.2) is 4.42 Å². The molecule has 1 heterocycles. The Kier molecular flexibility index (Phi) is 2.24. The minimum Gasteiger partial charge on any atom is -0.425 e. The normalized spacial score (nSPS) is 33.0. The summed E-state index contributed by atoms with van der Waals surface area (Å²) < 4.78 is 5.66. The molecule has 2 atom stereocenters. The SMILES string of the molecule is NCCCc1nnc(C2CC3CC3C2)o1. The minimum atomic E-state index is 0.549. The van der Waals surface area contributed by atoms with E-state index in [2.05, 4.69) is 10.2 Å². The zero-order valence-corrected chi connectivity index (χ0v) is 8.85. The van der Waals surface area contributed by atoms with E-state index >= 15 is 0 Å². The van der Waals surface area contributed by atoms with Crippen molar-refractivity contribution in [2.24, 2.45) is 17.6 Å². The Balaban J connectivity index is 1.63. The molecule has 0 amide bonds. The lowest BCUT2D eigenvalue weighted by Gasteiger charge is -2.04. The number of fused-ring (bicyclic) bond motifs is 1. The van der Waals surface area contributed by atoms with Crippen LogP contribution in [0.2, 0.25) is 0 Å². The van der Waals surface area contributed by atoms with Crippen molar-refractivity contribution in [2.45, 2.75) is 38.0 Å². The fraction of sp³-hybridized carbons (Fsp3) is 0.818. The van der Waals surface area contributed by atoms with Crippen LogP contribution in [0.3, 0.4) is 0 Å². The van der Waals surface area contributed by atoms with Crippen molar-refractivity contribution < 1.29 is 4.42 Å². The fourth-order valence-corrected chi connectivity index (χ4v) is 2.70. The van der Waals surface area contributed by atoms with Crippen molar-refractivity contribution in [2.75, 3.05) is 6.54 Å². The molecular formula is C11H17N3O. The summed E-state index contributed by atoms with van der Waals surface area (Å²) >= 11 is 0. The summed E-state index contributed by atoms with van der Waals surface area (Å²) in [6, 6.07) is 0. The largest absolute Gasteiger partial charge is 0.425 e. The molecule has 0 saturated heterocycles. The van der Waals surface area contributed by atoms with Gasteiger partial charge in [0.15, 0.2) is 0 Å². The van der Waals surface area contributed by atoms with Gasteiger partial charge in [-0.2, -0.15) is 0 Å². The molecule has 2 saturated carbocycles.